The number of aryl methyl sites for hydroxylation is 2. The first kappa shape index (κ1) is 27.4. The Morgan fingerprint density at radius 1 is 0.744 bits per heavy atom. The third kappa shape index (κ3) is 4.69. The van der Waals surface area contributed by atoms with Crippen molar-refractivity contribution in [1.29, 1.82) is 0 Å². The minimum atomic E-state index is -0.0336. The Kier molecular flexibility index (Phi) is 6.24. The molecule has 216 valence electrons. The van der Waals surface area contributed by atoms with Gasteiger partial charge in [0.15, 0.2) is 18.0 Å². The first-order valence-electron chi connectivity index (χ1n) is 15.0. The maximum Gasteiger partial charge on any atom is 0.181 e. The molecule has 1 aromatic heterocycles. The molecule has 2 bridgehead atoms. The molecule has 0 radical (unpaired) electrons. The zero-order valence-electron chi connectivity index (χ0n) is 25.9. The summed E-state index contributed by atoms with van der Waals surface area (Å²) in [7, 11) is 2.31. The molecule has 8 rings (SSSR count). The van der Waals surface area contributed by atoms with E-state index >= 15 is 0 Å². The Labute approximate surface area is 255 Å². The van der Waals surface area contributed by atoms with Gasteiger partial charge in [0.1, 0.15) is 23.0 Å². The smallest absolute Gasteiger partial charge is 0.181 e. The van der Waals surface area contributed by atoms with Gasteiger partial charge in [-0.1, -0.05) is 51.1 Å². The number of hydrogen-bond donors (Lipinski definition) is 0. The van der Waals surface area contributed by atoms with E-state index in [1.54, 1.807) is 0 Å². The molecule has 2 atom stereocenters. The number of benzene rings is 4. The third-order valence-corrected chi connectivity index (χ3v) is 8.75. The van der Waals surface area contributed by atoms with E-state index in [-0.39, 0.29) is 5.41 Å². The molecule has 0 unspecified atom stereocenters. The van der Waals surface area contributed by atoms with E-state index in [0.717, 1.165) is 49.9 Å². The second-order valence-electron chi connectivity index (χ2n) is 13.3. The van der Waals surface area contributed by atoms with Crippen LogP contribution >= 0.6 is 0 Å². The van der Waals surface area contributed by atoms with Crippen LogP contribution in [0.25, 0.3) is 0 Å². The lowest BCUT2D eigenvalue weighted by Crippen LogP contribution is -2.68. The average molecular weight is 568 g/mol. The van der Waals surface area contributed by atoms with Gasteiger partial charge in [0.2, 0.25) is 0 Å². The number of hydrogen-bond acceptors (Lipinski definition) is 3. The van der Waals surface area contributed by atoms with Crippen LogP contribution in [0, 0.1) is 20.5 Å². The Morgan fingerprint density at radius 2 is 1.49 bits per heavy atom. The first-order valence-corrected chi connectivity index (χ1v) is 15.0. The molecule has 3 aliphatic heterocycles. The Bertz CT molecular complexity index is 1830. The summed E-state index contributed by atoms with van der Waals surface area (Å²) in [5.74, 6) is 2.50. The van der Waals surface area contributed by atoms with Crippen molar-refractivity contribution in [3.63, 3.8) is 0 Å². The van der Waals surface area contributed by atoms with E-state index < -0.39 is 0 Å². The number of aromatic nitrogens is 1. The van der Waals surface area contributed by atoms with Gasteiger partial charge in [0.05, 0.1) is 19.4 Å². The summed E-state index contributed by atoms with van der Waals surface area (Å²) in [6, 6.07) is 36.5. The second kappa shape index (κ2) is 9.80. The SMILES string of the molecule is Cc1ccnc(N(c2ccccc2)c2cccc(Oc3cc(C(C)(C)C)cc([N@@+]45[CH-][N@@+](C)(C4)c4cc(C)ccc45)c3)c2)c1. The van der Waals surface area contributed by atoms with E-state index in [4.69, 9.17) is 9.72 Å². The van der Waals surface area contributed by atoms with Crippen LogP contribution in [0.15, 0.2) is 109 Å². The van der Waals surface area contributed by atoms with Crippen molar-refractivity contribution in [1.82, 2.24) is 14.0 Å². The highest BCUT2D eigenvalue weighted by Crippen LogP contribution is 2.61. The van der Waals surface area contributed by atoms with Crippen molar-refractivity contribution in [3.05, 3.63) is 133 Å². The number of anilines is 3. The molecular weight excluding hydrogens is 528 g/mol. The highest BCUT2D eigenvalue weighted by atomic mass is 16.5. The molecule has 5 aromatic rings. The van der Waals surface area contributed by atoms with Crippen molar-refractivity contribution in [2.24, 2.45) is 0 Å². The van der Waals surface area contributed by atoms with Gasteiger partial charge in [0, 0.05) is 42.2 Å². The van der Waals surface area contributed by atoms with Gasteiger partial charge in [-0.25, -0.2) is 4.98 Å². The van der Waals surface area contributed by atoms with Gasteiger partial charge in [-0.3, -0.25) is 9.38 Å². The molecule has 0 amide bonds. The summed E-state index contributed by atoms with van der Waals surface area (Å²) in [6.07, 6.45) is 1.86. The number of quaternary nitrogens is 2. The van der Waals surface area contributed by atoms with E-state index in [0.29, 0.717) is 0 Å². The maximum atomic E-state index is 6.72. The van der Waals surface area contributed by atoms with Crippen molar-refractivity contribution in [3.8, 4) is 11.5 Å². The van der Waals surface area contributed by atoms with Crippen LogP contribution in [0.2, 0.25) is 0 Å². The number of ether oxygens (including phenoxy) is 1. The molecule has 0 spiro atoms. The fraction of sp³-hybridized carbons (Fsp3) is 0.211. The van der Waals surface area contributed by atoms with Crippen LogP contribution in [0.3, 0.4) is 0 Å². The largest absolute Gasteiger partial charge is 0.457 e. The van der Waals surface area contributed by atoms with Gasteiger partial charge >= 0.3 is 0 Å². The van der Waals surface area contributed by atoms with Crippen LogP contribution in [0.4, 0.5) is 34.3 Å². The number of rotatable bonds is 6. The first-order chi connectivity index (χ1) is 20.5. The van der Waals surface area contributed by atoms with E-state index in [9.17, 15) is 0 Å². The molecule has 4 heterocycles. The topological polar surface area (TPSA) is 25.4 Å². The molecule has 5 nitrogen and oxygen atoms in total. The van der Waals surface area contributed by atoms with Crippen molar-refractivity contribution >= 4 is 34.3 Å². The van der Waals surface area contributed by atoms with Gasteiger partial charge in [-0.05, 0) is 78.4 Å². The molecule has 3 aliphatic rings. The molecule has 4 aromatic carbocycles. The summed E-state index contributed by atoms with van der Waals surface area (Å²) >= 11 is 0. The van der Waals surface area contributed by atoms with Crippen LogP contribution < -0.4 is 18.6 Å². The molecule has 43 heavy (non-hydrogen) atoms. The van der Waals surface area contributed by atoms with Gasteiger partial charge in [-0.2, -0.15) is 0 Å². The van der Waals surface area contributed by atoms with Gasteiger partial charge in [-0.15, -0.1) is 0 Å². The zero-order valence-corrected chi connectivity index (χ0v) is 25.9. The average Bonchev–Trinajstić information content (AvgIpc) is 3.35. The lowest BCUT2D eigenvalue weighted by atomic mass is 9.86. The van der Waals surface area contributed by atoms with Crippen LogP contribution in [-0.2, 0) is 5.41 Å². The predicted molar refractivity (Wildman–Crippen MR) is 178 cm³/mol. The summed E-state index contributed by atoms with van der Waals surface area (Å²) in [6.45, 7) is 14.5. The molecule has 5 heteroatoms. The molecule has 0 saturated carbocycles. The monoisotopic (exact) mass is 567 g/mol. The third-order valence-electron chi connectivity index (χ3n) is 8.75. The Morgan fingerprint density at radius 3 is 2.23 bits per heavy atom. The fourth-order valence-electron chi connectivity index (χ4n) is 6.58. The van der Waals surface area contributed by atoms with Gasteiger partial charge < -0.3 is 9.22 Å². The summed E-state index contributed by atoms with van der Waals surface area (Å²) < 4.78 is 8.32. The van der Waals surface area contributed by atoms with Crippen molar-refractivity contribution in [2.75, 3.05) is 18.6 Å². The van der Waals surface area contributed by atoms with Crippen LogP contribution in [0.5, 0.6) is 11.5 Å². The molecule has 0 N–H and O–H groups in total. The van der Waals surface area contributed by atoms with Crippen LogP contribution in [0.1, 0.15) is 37.5 Å². The number of pyridine rings is 1. The minimum absolute atomic E-state index is 0.0336. The van der Waals surface area contributed by atoms with E-state index in [1.165, 1.54) is 28.2 Å². The van der Waals surface area contributed by atoms with E-state index in [2.05, 4.69) is 138 Å². The van der Waals surface area contributed by atoms with Crippen molar-refractivity contribution in [2.45, 2.75) is 40.0 Å². The Hall–Kier alpha value is -4.45. The lowest BCUT2D eigenvalue weighted by molar-refractivity contribution is 0.157. The fourth-order valence-corrected chi connectivity index (χ4v) is 6.58. The standard InChI is InChI=1S/C38H39N4O/c1-27-15-16-35-36(19-27)41(6)25-42(35,26-41)32-21-29(38(3,4)5)22-34(24-32)43-33-14-10-13-31(23-33)40(30-11-8-7-9-12-30)37-20-28(2)17-18-39-37/h7-25H,26H2,1-6H3/q+1/t41-,42+/m0/s1. The number of para-hydroxylation sites is 1. The summed E-state index contributed by atoms with van der Waals surface area (Å²) in [4.78, 5) is 6.89. The molecule has 0 aliphatic carbocycles. The highest BCUT2D eigenvalue weighted by molar-refractivity contribution is 5.84. The lowest BCUT2D eigenvalue weighted by Gasteiger charge is -2.55. The minimum Gasteiger partial charge on any atom is -0.457 e. The summed E-state index contributed by atoms with van der Waals surface area (Å²) in [5.41, 5.74) is 9.71. The van der Waals surface area contributed by atoms with Crippen LogP contribution in [-0.4, -0.2) is 18.7 Å². The van der Waals surface area contributed by atoms with E-state index in [1.807, 2.05) is 24.4 Å². The number of nitrogens with zero attached hydrogens (tertiary/aromatic N) is 4. The van der Waals surface area contributed by atoms with Crippen molar-refractivity contribution < 1.29 is 4.74 Å². The molecule has 1 saturated heterocycles. The maximum absolute atomic E-state index is 6.72. The molecule has 1 fully saturated rings. The summed E-state index contributed by atoms with van der Waals surface area (Å²) in [5, 5.41) is 0. The quantitative estimate of drug-likeness (QED) is 0.151. The Balaban J connectivity index is 1.29. The highest BCUT2D eigenvalue weighted by Gasteiger charge is 2.59. The molecular formula is C38H39N4O+. The van der Waals surface area contributed by atoms with Gasteiger partial charge in [0.25, 0.3) is 0 Å². The predicted octanol–water partition coefficient (Wildman–Crippen LogP) is 9.94. The zero-order chi connectivity index (χ0) is 30.0. The normalized spacial score (nSPS) is 20.3. The second-order valence-corrected chi connectivity index (χ2v) is 13.3.